The van der Waals surface area contributed by atoms with Crippen molar-refractivity contribution in [1.29, 1.82) is 0 Å². The number of nitrogens with one attached hydrogen (secondary N) is 1. The van der Waals surface area contributed by atoms with Crippen LogP contribution in [0, 0.1) is 0 Å². The van der Waals surface area contributed by atoms with Gasteiger partial charge in [0.1, 0.15) is 11.5 Å². The molecular formula is C21H21N3O4. The van der Waals surface area contributed by atoms with Crippen LogP contribution >= 0.6 is 0 Å². The summed E-state index contributed by atoms with van der Waals surface area (Å²) in [5.41, 5.74) is 2.29. The van der Waals surface area contributed by atoms with Gasteiger partial charge in [0, 0.05) is 17.3 Å². The van der Waals surface area contributed by atoms with Gasteiger partial charge in [-0.3, -0.25) is 4.79 Å². The molecule has 1 N–H and O–H groups in total. The molecule has 144 valence electrons. The molecule has 0 radical (unpaired) electrons. The van der Waals surface area contributed by atoms with Gasteiger partial charge in [0.25, 0.3) is 5.91 Å². The van der Waals surface area contributed by atoms with E-state index >= 15 is 0 Å². The van der Waals surface area contributed by atoms with Crippen molar-refractivity contribution in [2.45, 2.75) is 6.92 Å². The minimum absolute atomic E-state index is 0.0849. The fraction of sp³-hybridized carbons (Fsp3) is 0.190. The van der Waals surface area contributed by atoms with Crippen LogP contribution in [0.2, 0.25) is 0 Å². The van der Waals surface area contributed by atoms with E-state index in [1.54, 1.807) is 49.6 Å². The molecule has 0 bridgehead atoms. The topological polar surface area (TPSA) is 82.6 Å². The average molecular weight is 379 g/mol. The summed E-state index contributed by atoms with van der Waals surface area (Å²) in [5, 5.41) is 11.0. The lowest BCUT2D eigenvalue weighted by Gasteiger charge is -2.09. The largest absolute Gasteiger partial charge is 0.497 e. The number of carbonyl (C=O) groups is 1. The molecule has 0 aliphatic carbocycles. The number of aromatic nitrogens is 2. The van der Waals surface area contributed by atoms with Gasteiger partial charge >= 0.3 is 0 Å². The summed E-state index contributed by atoms with van der Waals surface area (Å²) in [6.07, 6.45) is 0. The van der Waals surface area contributed by atoms with E-state index in [1.165, 1.54) is 0 Å². The number of hydrogen-bond acceptors (Lipinski definition) is 6. The molecule has 0 aliphatic heterocycles. The molecule has 3 rings (SSSR count). The molecule has 0 unspecified atom stereocenters. The summed E-state index contributed by atoms with van der Waals surface area (Å²) in [4.78, 5) is 12.1. The first-order chi connectivity index (χ1) is 13.7. The average Bonchev–Trinajstić information content (AvgIpc) is 2.74. The van der Waals surface area contributed by atoms with E-state index in [1.807, 2.05) is 25.1 Å². The van der Waals surface area contributed by atoms with Crippen molar-refractivity contribution < 1.29 is 19.0 Å². The Morgan fingerprint density at radius 1 is 0.893 bits per heavy atom. The molecule has 0 fully saturated rings. The summed E-state index contributed by atoms with van der Waals surface area (Å²) in [6, 6.07) is 18.0. The van der Waals surface area contributed by atoms with E-state index in [0.717, 1.165) is 17.0 Å². The van der Waals surface area contributed by atoms with Crippen molar-refractivity contribution in [2.75, 3.05) is 25.6 Å². The van der Waals surface area contributed by atoms with Crippen LogP contribution in [0.25, 0.3) is 11.3 Å². The van der Waals surface area contributed by atoms with Crippen molar-refractivity contribution in [2.24, 2.45) is 0 Å². The fourth-order valence-corrected chi connectivity index (χ4v) is 2.44. The maximum Gasteiger partial charge on any atom is 0.262 e. The standard InChI is InChI=1S/C21H21N3O4/c1-3-27-21-13-12-19(23-24-21)15-4-6-16(7-5-15)22-20(25)14-28-18-10-8-17(26-2)9-11-18/h4-13H,3,14H2,1-2H3,(H,22,25). The van der Waals surface area contributed by atoms with Crippen molar-refractivity contribution >= 4 is 11.6 Å². The molecule has 28 heavy (non-hydrogen) atoms. The Labute approximate surface area is 163 Å². The van der Waals surface area contributed by atoms with Gasteiger partial charge in [-0.25, -0.2) is 0 Å². The van der Waals surface area contributed by atoms with Crippen LogP contribution in [0.15, 0.2) is 60.7 Å². The quantitative estimate of drug-likeness (QED) is 0.644. The SMILES string of the molecule is CCOc1ccc(-c2ccc(NC(=O)COc3ccc(OC)cc3)cc2)nn1. The van der Waals surface area contributed by atoms with Gasteiger partial charge in [-0.15, -0.1) is 10.2 Å². The van der Waals surface area contributed by atoms with E-state index in [-0.39, 0.29) is 12.5 Å². The highest BCUT2D eigenvalue weighted by Gasteiger charge is 2.06. The number of amides is 1. The molecule has 7 heteroatoms. The molecule has 0 aliphatic rings. The first kappa shape index (κ1) is 19.2. The highest BCUT2D eigenvalue weighted by molar-refractivity contribution is 5.92. The van der Waals surface area contributed by atoms with Crippen LogP contribution in [0.1, 0.15) is 6.92 Å². The number of carbonyl (C=O) groups excluding carboxylic acids is 1. The molecule has 3 aromatic rings. The molecule has 1 amide bonds. The van der Waals surface area contributed by atoms with E-state index in [9.17, 15) is 4.79 Å². The number of hydrogen-bond donors (Lipinski definition) is 1. The van der Waals surface area contributed by atoms with Crippen molar-refractivity contribution in [3.05, 3.63) is 60.7 Å². The molecule has 0 saturated heterocycles. The minimum Gasteiger partial charge on any atom is -0.497 e. The second-order valence-corrected chi connectivity index (χ2v) is 5.78. The molecule has 0 spiro atoms. The Morgan fingerprint density at radius 2 is 1.61 bits per heavy atom. The van der Waals surface area contributed by atoms with Crippen LogP contribution in [-0.2, 0) is 4.79 Å². The van der Waals surface area contributed by atoms with Crippen LogP contribution in [-0.4, -0.2) is 36.4 Å². The second kappa shape index (κ2) is 9.36. The lowest BCUT2D eigenvalue weighted by atomic mass is 10.1. The third-order valence-electron chi connectivity index (χ3n) is 3.83. The summed E-state index contributed by atoms with van der Waals surface area (Å²) >= 11 is 0. The first-order valence-electron chi connectivity index (χ1n) is 8.81. The maximum atomic E-state index is 12.1. The number of benzene rings is 2. The molecule has 2 aromatic carbocycles. The van der Waals surface area contributed by atoms with Crippen LogP contribution in [0.3, 0.4) is 0 Å². The Kier molecular flexibility index (Phi) is 6.41. The smallest absolute Gasteiger partial charge is 0.262 e. The van der Waals surface area contributed by atoms with Gasteiger partial charge in [0.2, 0.25) is 5.88 Å². The second-order valence-electron chi connectivity index (χ2n) is 5.78. The molecule has 1 heterocycles. The maximum absolute atomic E-state index is 12.1. The van der Waals surface area contributed by atoms with Gasteiger partial charge in [-0.1, -0.05) is 12.1 Å². The van der Waals surface area contributed by atoms with E-state index in [4.69, 9.17) is 14.2 Å². The summed E-state index contributed by atoms with van der Waals surface area (Å²) in [5.74, 6) is 1.57. The lowest BCUT2D eigenvalue weighted by Crippen LogP contribution is -2.20. The zero-order valence-corrected chi connectivity index (χ0v) is 15.7. The van der Waals surface area contributed by atoms with Crippen LogP contribution in [0.4, 0.5) is 5.69 Å². The van der Waals surface area contributed by atoms with E-state index < -0.39 is 0 Å². The number of anilines is 1. The first-order valence-corrected chi connectivity index (χ1v) is 8.81. The lowest BCUT2D eigenvalue weighted by molar-refractivity contribution is -0.118. The zero-order valence-electron chi connectivity index (χ0n) is 15.7. The summed E-state index contributed by atoms with van der Waals surface area (Å²) < 4.78 is 15.8. The van der Waals surface area contributed by atoms with E-state index in [2.05, 4.69) is 15.5 Å². The Balaban J connectivity index is 1.53. The third kappa shape index (κ3) is 5.20. The number of nitrogens with zero attached hydrogens (tertiary/aromatic N) is 2. The Hall–Kier alpha value is -3.61. The van der Waals surface area contributed by atoms with Crippen molar-refractivity contribution in [1.82, 2.24) is 10.2 Å². The summed E-state index contributed by atoms with van der Waals surface area (Å²) in [7, 11) is 1.59. The van der Waals surface area contributed by atoms with Gasteiger partial charge in [0.15, 0.2) is 6.61 Å². The number of ether oxygens (including phenoxy) is 3. The monoisotopic (exact) mass is 379 g/mol. The van der Waals surface area contributed by atoms with Crippen LogP contribution < -0.4 is 19.5 Å². The molecular weight excluding hydrogens is 358 g/mol. The van der Waals surface area contributed by atoms with E-state index in [0.29, 0.717) is 23.9 Å². The summed E-state index contributed by atoms with van der Waals surface area (Å²) in [6.45, 7) is 2.35. The normalized spacial score (nSPS) is 10.2. The number of rotatable bonds is 8. The predicted molar refractivity (Wildman–Crippen MR) is 106 cm³/mol. The molecule has 0 atom stereocenters. The van der Waals surface area contributed by atoms with Gasteiger partial charge in [-0.2, -0.15) is 0 Å². The van der Waals surface area contributed by atoms with Gasteiger partial charge in [-0.05, 0) is 49.4 Å². The highest BCUT2D eigenvalue weighted by Crippen LogP contribution is 2.20. The molecule has 7 nitrogen and oxygen atoms in total. The van der Waals surface area contributed by atoms with Crippen molar-refractivity contribution in [3.8, 4) is 28.6 Å². The highest BCUT2D eigenvalue weighted by atomic mass is 16.5. The Bertz CT molecular complexity index is 894. The third-order valence-corrected chi connectivity index (χ3v) is 3.83. The number of methoxy groups -OCH3 is 1. The molecule has 0 saturated carbocycles. The Morgan fingerprint density at radius 3 is 2.21 bits per heavy atom. The zero-order chi connectivity index (χ0) is 19.8. The van der Waals surface area contributed by atoms with Crippen molar-refractivity contribution in [3.63, 3.8) is 0 Å². The van der Waals surface area contributed by atoms with Gasteiger partial charge in [0.05, 0.1) is 19.4 Å². The minimum atomic E-state index is -0.246. The molecule has 1 aromatic heterocycles. The predicted octanol–water partition coefficient (Wildman–Crippen LogP) is 3.57. The fourth-order valence-electron chi connectivity index (χ4n) is 2.44. The van der Waals surface area contributed by atoms with Gasteiger partial charge < -0.3 is 19.5 Å². The van der Waals surface area contributed by atoms with Crippen LogP contribution in [0.5, 0.6) is 17.4 Å².